The first-order valence-corrected chi connectivity index (χ1v) is 8.81. The zero-order chi connectivity index (χ0) is 17.8. The molecule has 0 unspecified atom stereocenters. The third kappa shape index (κ3) is 3.76. The maximum absolute atomic E-state index is 12.4. The Balaban J connectivity index is 1.65. The average molecular weight is 359 g/mol. The minimum absolute atomic E-state index is 0.247. The molecule has 1 saturated heterocycles. The number of rotatable bonds is 5. The Kier molecular flexibility index (Phi) is 5.23. The van der Waals surface area contributed by atoms with Gasteiger partial charge in [-0.05, 0) is 12.1 Å². The van der Waals surface area contributed by atoms with Crippen LogP contribution >= 0.6 is 11.8 Å². The van der Waals surface area contributed by atoms with Gasteiger partial charge in [0.1, 0.15) is 17.2 Å². The Hall–Kier alpha value is -2.54. The molecule has 0 N–H and O–H groups in total. The van der Waals surface area contributed by atoms with E-state index in [2.05, 4.69) is 0 Å². The van der Waals surface area contributed by atoms with Crippen LogP contribution in [0.3, 0.4) is 0 Å². The monoisotopic (exact) mass is 359 g/mol. The van der Waals surface area contributed by atoms with E-state index in [1.165, 1.54) is 29.8 Å². The van der Waals surface area contributed by atoms with Crippen LogP contribution in [0.1, 0.15) is 28.4 Å². The van der Waals surface area contributed by atoms with Crippen LogP contribution in [-0.4, -0.2) is 41.0 Å². The highest BCUT2D eigenvalue weighted by atomic mass is 32.2. The van der Waals surface area contributed by atoms with Gasteiger partial charge in [0.05, 0.1) is 6.26 Å². The summed E-state index contributed by atoms with van der Waals surface area (Å²) in [5.74, 6) is -0.111. The Bertz CT molecular complexity index is 759. The number of thioether (sulfide) groups is 1. The summed E-state index contributed by atoms with van der Waals surface area (Å²) in [7, 11) is 0. The van der Waals surface area contributed by atoms with Gasteiger partial charge in [-0.2, -0.15) is 0 Å². The first-order valence-electron chi connectivity index (χ1n) is 7.76. The van der Waals surface area contributed by atoms with Crippen LogP contribution in [0, 0.1) is 0 Å². The summed E-state index contributed by atoms with van der Waals surface area (Å²) in [6.07, 6.45) is 1.53. The third-order valence-electron chi connectivity index (χ3n) is 3.86. The molecule has 2 heterocycles. The van der Waals surface area contributed by atoms with Crippen molar-refractivity contribution in [2.45, 2.75) is 18.3 Å². The maximum atomic E-state index is 12.4. The summed E-state index contributed by atoms with van der Waals surface area (Å²) in [5, 5.41) is -0.366. The second kappa shape index (κ2) is 7.57. The van der Waals surface area contributed by atoms with Gasteiger partial charge in [-0.3, -0.25) is 9.59 Å². The quantitative estimate of drug-likeness (QED) is 0.603. The van der Waals surface area contributed by atoms with E-state index in [1.54, 1.807) is 42.5 Å². The number of nitrogens with zero attached hydrogens (tertiary/aromatic N) is 1. The number of furan rings is 1. The number of carbonyl (C=O) groups excluding carboxylic acids is 3. The molecule has 1 amide bonds. The number of benzene rings is 1. The largest absolute Gasteiger partial charge is 0.466 e. The van der Waals surface area contributed by atoms with Crippen molar-refractivity contribution in [3.63, 3.8) is 0 Å². The van der Waals surface area contributed by atoms with Crippen molar-refractivity contribution in [1.82, 2.24) is 4.90 Å². The molecule has 1 fully saturated rings. The number of ether oxygens (including phenoxy) is 1. The van der Waals surface area contributed by atoms with Gasteiger partial charge >= 0.3 is 5.97 Å². The Labute approximate surface area is 149 Å². The van der Waals surface area contributed by atoms with Gasteiger partial charge in [0.15, 0.2) is 12.4 Å². The lowest BCUT2D eigenvalue weighted by atomic mass is 10.1. The van der Waals surface area contributed by atoms with Gasteiger partial charge in [0, 0.05) is 18.2 Å². The maximum Gasteiger partial charge on any atom is 0.330 e. The van der Waals surface area contributed by atoms with Crippen LogP contribution in [-0.2, 0) is 14.3 Å². The number of amides is 1. The van der Waals surface area contributed by atoms with E-state index < -0.39 is 12.0 Å². The summed E-state index contributed by atoms with van der Waals surface area (Å²) in [4.78, 5) is 37.9. The minimum atomic E-state index is -0.735. The number of carbonyl (C=O) groups is 3. The molecule has 1 aliphatic heterocycles. The van der Waals surface area contributed by atoms with E-state index in [0.717, 1.165) is 0 Å². The molecule has 0 saturated carbocycles. The summed E-state index contributed by atoms with van der Waals surface area (Å²) < 4.78 is 10.5. The molecule has 0 aliphatic carbocycles. The fraction of sp³-hybridized carbons (Fsp3) is 0.278. The predicted molar refractivity (Wildman–Crippen MR) is 91.9 cm³/mol. The van der Waals surface area contributed by atoms with Gasteiger partial charge in [0.2, 0.25) is 5.91 Å². The van der Waals surface area contributed by atoms with E-state index in [4.69, 9.17) is 9.15 Å². The first kappa shape index (κ1) is 17.3. The highest BCUT2D eigenvalue weighted by Gasteiger charge is 2.43. The lowest BCUT2D eigenvalue weighted by Crippen LogP contribution is -2.43. The second-order valence-electron chi connectivity index (χ2n) is 5.54. The van der Waals surface area contributed by atoms with Crippen molar-refractivity contribution in [1.29, 1.82) is 0 Å². The molecule has 1 aromatic heterocycles. The van der Waals surface area contributed by atoms with Crippen molar-refractivity contribution >= 4 is 29.4 Å². The number of esters is 1. The third-order valence-corrected chi connectivity index (χ3v) is 5.15. The summed E-state index contributed by atoms with van der Waals surface area (Å²) >= 11 is 1.43. The summed E-state index contributed by atoms with van der Waals surface area (Å²) in [6.45, 7) is 1.05. The molecular weight excluding hydrogens is 342 g/mol. The van der Waals surface area contributed by atoms with Crippen LogP contribution in [0.2, 0.25) is 0 Å². The van der Waals surface area contributed by atoms with Crippen molar-refractivity contribution in [2.24, 2.45) is 0 Å². The van der Waals surface area contributed by atoms with E-state index in [0.29, 0.717) is 17.1 Å². The lowest BCUT2D eigenvalue weighted by Gasteiger charge is -2.25. The van der Waals surface area contributed by atoms with E-state index in [9.17, 15) is 14.4 Å². The Morgan fingerprint density at radius 2 is 1.96 bits per heavy atom. The van der Waals surface area contributed by atoms with Gasteiger partial charge < -0.3 is 14.1 Å². The number of ketones is 1. The molecular formula is C18H17NO5S. The molecule has 1 aromatic carbocycles. The van der Waals surface area contributed by atoms with Crippen molar-refractivity contribution in [2.75, 3.05) is 12.4 Å². The molecule has 3 rings (SSSR count). The van der Waals surface area contributed by atoms with Crippen molar-refractivity contribution in [3.8, 4) is 0 Å². The summed E-state index contributed by atoms with van der Waals surface area (Å²) in [5.41, 5.74) is 0.480. The average Bonchev–Trinajstić information content (AvgIpc) is 3.28. The Morgan fingerprint density at radius 1 is 1.20 bits per heavy atom. The number of hydrogen-bond donors (Lipinski definition) is 0. The summed E-state index contributed by atoms with van der Waals surface area (Å²) in [6, 6.07) is 11.4. The van der Waals surface area contributed by atoms with Gasteiger partial charge in [0.25, 0.3) is 0 Å². The first-order chi connectivity index (χ1) is 12.1. The zero-order valence-corrected chi connectivity index (χ0v) is 14.4. The topological polar surface area (TPSA) is 76.8 Å². The molecule has 7 heteroatoms. The molecule has 0 bridgehead atoms. The number of hydrogen-bond acceptors (Lipinski definition) is 6. The highest BCUT2D eigenvalue weighted by molar-refractivity contribution is 7.99. The fourth-order valence-corrected chi connectivity index (χ4v) is 4.08. The van der Waals surface area contributed by atoms with Crippen molar-refractivity contribution < 1.29 is 23.5 Å². The SMILES string of the molecule is CC(=O)N1[C@@H](C(=O)OCC(=O)c2ccccc2)CS[C@@H]1c1ccco1. The second-order valence-corrected chi connectivity index (χ2v) is 6.65. The molecule has 0 spiro atoms. The zero-order valence-electron chi connectivity index (χ0n) is 13.6. The van der Waals surface area contributed by atoms with Crippen molar-refractivity contribution in [3.05, 3.63) is 60.1 Å². The van der Waals surface area contributed by atoms with Gasteiger partial charge in [-0.15, -0.1) is 11.8 Å². The molecule has 130 valence electrons. The molecule has 1 aliphatic rings. The van der Waals surface area contributed by atoms with E-state index >= 15 is 0 Å². The molecule has 2 atom stereocenters. The van der Waals surface area contributed by atoms with Crippen LogP contribution in [0.25, 0.3) is 0 Å². The predicted octanol–water partition coefficient (Wildman–Crippen LogP) is 2.67. The Morgan fingerprint density at radius 3 is 2.60 bits per heavy atom. The lowest BCUT2D eigenvalue weighted by molar-refractivity contribution is -0.152. The molecule has 2 aromatic rings. The molecule has 25 heavy (non-hydrogen) atoms. The smallest absolute Gasteiger partial charge is 0.330 e. The molecule has 6 nitrogen and oxygen atoms in total. The fourth-order valence-electron chi connectivity index (χ4n) is 2.66. The van der Waals surface area contributed by atoms with Gasteiger partial charge in [-0.25, -0.2) is 4.79 Å². The normalized spacial score (nSPS) is 19.6. The van der Waals surface area contributed by atoms with E-state index in [1.807, 2.05) is 0 Å². The van der Waals surface area contributed by atoms with Crippen LogP contribution < -0.4 is 0 Å². The highest BCUT2D eigenvalue weighted by Crippen LogP contribution is 2.41. The van der Waals surface area contributed by atoms with Gasteiger partial charge in [-0.1, -0.05) is 30.3 Å². The van der Waals surface area contributed by atoms with Crippen LogP contribution in [0.15, 0.2) is 53.1 Å². The minimum Gasteiger partial charge on any atom is -0.466 e. The van der Waals surface area contributed by atoms with Crippen LogP contribution in [0.4, 0.5) is 0 Å². The van der Waals surface area contributed by atoms with Crippen LogP contribution in [0.5, 0.6) is 0 Å². The van der Waals surface area contributed by atoms with E-state index in [-0.39, 0.29) is 23.7 Å². The standard InChI is InChI=1S/C18H17NO5S/c1-12(20)19-14(11-25-17(19)16-8-5-9-23-16)18(22)24-10-15(21)13-6-3-2-4-7-13/h2-9,14,17H,10-11H2,1H3/t14-,17-/m1/s1. The number of Topliss-reactive ketones (excluding diaryl/α,β-unsaturated/α-hetero) is 1. The molecule has 0 radical (unpaired) electrons.